The maximum Gasteiger partial charge on any atom is 0.243 e. The molecule has 3 aromatic carbocycles. The molecule has 1 aliphatic carbocycles. The third kappa shape index (κ3) is 4.62. The van der Waals surface area contributed by atoms with Crippen molar-refractivity contribution in [3.63, 3.8) is 0 Å². The van der Waals surface area contributed by atoms with Crippen molar-refractivity contribution in [2.45, 2.75) is 31.3 Å². The summed E-state index contributed by atoms with van der Waals surface area (Å²) in [5, 5.41) is 5.35. The third-order valence-electron chi connectivity index (χ3n) is 5.84. The number of rotatable bonds is 7. The standard InChI is InChI=1S/C26H24FN3O3/c1-15(31)29-22(14-16-7-6-8-17(27)13-16)26(33)30-24(25(28)32)23-20-11-4-2-9-18(20)19-10-3-5-12-21(19)23/h2-13,22-24H,14H2,1H3,(H2,28,32)(H,29,31)(H,30,33)/t22-,24-/m0/s1. The van der Waals surface area contributed by atoms with Gasteiger partial charge in [0.15, 0.2) is 0 Å². The van der Waals surface area contributed by atoms with Gasteiger partial charge in [-0.3, -0.25) is 14.4 Å². The number of amides is 3. The molecule has 0 radical (unpaired) electrons. The van der Waals surface area contributed by atoms with E-state index in [0.29, 0.717) is 5.56 Å². The lowest BCUT2D eigenvalue weighted by atomic mass is 9.88. The fourth-order valence-corrected chi connectivity index (χ4v) is 4.48. The Hall–Kier alpha value is -4.00. The first kappa shape index (κ1) is 22.2. The zero-order valence-electron chi connectivity index (χ0n) is 18.0. The molecule has 0 unspecified atom stereocenters. The van der Waals surface area contributed by atoms with E-state index in [2.05, 4.69) is 10.6 Å². The molecule has 0 aromatic heterocycles. The summed E-state index contributed by atoms with van der Waals surface area (Å²) in [6, 6.07) is 19.1. The molecule has 4 N–H and O–H groups in total. The van der Waals surface area contributed by atoms with Crippen molar-refractivity contribution in [3.05, 3.63) is 95.3 Å². The van der Waals surface area contributed by atoms with Gasteiger partial charge in [-0.1, -0.05) is 60.7 Å². The van der Waals surface area contributed by atoms with Gasteiger partial charge in [0.1, 0.15) is 17.9 Å². The molecule has 0 saturated carbocycles. The van der Waals surface area contributed by atoms with E-state index in [9.17, 15) is 18.8 Å². The van der Waals surface area contributed by atoms with Crippen LogP contribution in [0.5, 0.6) is 0 Å². The maximum atomic E-state index is 13.6. The Kier molecular flexibility index (Phi) is 6.22. The smallest absolute Gasteiger partial charge is 0.243 e. The highest BCUT2D eigenvalue weighted by Crippen LogP contribution is 2.46. The van der Waals surface area contributed by atoms with Crippen LogP contribution in [0.1, 0.15) is 29.5 Å². The minimum Gasteiger partial charge on any atom is -0.368 e. The van der Waals surface area contributed by atoms with E-state index in [1.54, 1.807) is 6.07 Å². The second-order valence-electron chi connectivity index (χ2n) is 8.13. The Morgan fingerprint density at radius 3 is 2.06 bits per heavy atom. The second kappa shape index (κ2) is 9.24. The summed E-state index contributed by atoms with van der Waals surface area (Å²) < 4.78 is 13.6. The normalized spacial score (nSPS) is 14.0. The highest BCUT2D eigenvalue weighted by molar-refractivity contribution is 5.94. The number of carbonyl (C=O) groups is 3. The van der Waals surface area contributed by atoms with Crippen molar-refractivity contribution < 1.29 is 18.8 Å². The molecule has 3 amide bonds. The molecule has 2 atom stereocenters. The van der Waals surface area contributed by atoms with E-state index in [4.69, 9.17) is 5.73 Å². The van der Waals surface area contributed by atoms with Gasteiger partial charge in [-0.05, 0) is 39.9 Å². The predicted octanol–water partition coefficient (Wildman–Crippen LogP) is 2.66. The minimum absolute atomic E-state index is 0.0620. The molecule has 168 valence electrons. The van der Waals surface area contributed by atoms with Gasteiger partial charge in [0.2, 0.25) is 17.7 Å². The molecule has 3 aromatic rings. The van der Waals surface area contributed by atoms with E-state index in [0.717, 1.165) is 22.3 Å². The molecule has 0 bridgehead atoms. The predicted molar refractivity (Wildman–Crippen MR) is 123 cm³/mol. The highest BCUT2D eigenvalue weighted by Gasteiger charge is 2.38. The van der Waals surface area contributed by atoms with E-state index < -0.39 is 41.5 Å². The summed E-state index contributed by atoms with van der Waals surface area (Å²) in [5.74, 6) is -2.58. The molecular weight excluding hydrogens is 421 g/mol. The molecule has 0 aliphatic heterocycles. The van der Waals surface area contributed by atoms with Crippen LogP contribution in [-0.4, -0.2) is 29.8 Å². The van der Waals surface area contributed by atoms with Crippen LogP contribution in [0.4, 0.5) is 4.39 Å². The van der Waals surface area contributed by atoms with Crippen LogP contribution in [0.15, 0.2) is 72.8 Å². The quantitative estimate of drug-likeness (QED) is 0.521. The van der Waals surface area contributed by atoms with Crippen molar-refractivity contribution in [3.8, 4) is 11.1 Å². The molecular formula is C26H24FN3O3. The molecule has 0 spiro atoms. The molecule has 0 saturated heterocycles. The van der Waals surface area contributed by atoms with Crippen LogP contribution in [0.25, 0.3) is 11.1 Å². The molecule has 1 aliphatic rings. The molecule has 0 fully saturated rings. The van der Waals surface area contributed by atoms with E-state index in [-0.39, 0.29) is 6.42 Å². The Balaban J connectivity index is 1.65. The lowest BCUT2D eigenvalue weighted by Gasteiger charge is -2.26. The van der Waals surface area contributed by atoms with Gasteiger partial charge >= 0.3 is 0 Å². The van der Waals surface area contributed by atoms with E-state index in [1.807, 2.05) is 48.5 Å². The molecule has 4 rings (SSSR count). The van der Waals surface area contributed by atoms with Gasteiger partial charge in [0.05, 0.1) is 0 Å². The summed E-state index contributed by atoms with van der Waals surface area (Å²) in [4.78, 5) is 37.6. The monoisotopic (exact) mass is 445 g/mol. The highest BCUT2D eigenvalue weighted by atomic mass is 19.1. The van der Waals surface area contributed by atoms with Crippen LogP contribution in [-0.2, 0) is 20.8 Å². The van der Waals surface area contributed by atoms with Crippen LogP contribution < -0.4 is 16.4 Å². The fraction of sp³-hybridized carbons (Fsp3) is 0.192. The van der Waals surface area contributed by atoms with Gasteiger partial charge < -0.3 is 16.4 Å². The zero-order chi connectivity index (χ0) is 23.5. The van der Waals surface area contributed by atoms with Gasteiger partial charge in [-0.25, -0.2) is 4.39 Å². The first-order chi connectivity index (χ1) is 15.8. The second-order valence-corrected chi connectivity index (χ2v) is 8.13. The topological polar surface area (TPSA) is 101 Å². The summed E-state index contributed by atoms with van der Waals surface area (Å²) in [5.41, 5.74) is 10.1. The first-order valence-electron chi connectivity index (χ1n) is 10.6. The number of primary amides is 1. The Morgan fingerprint density at radius 2 is 1.52 bits per heavy atom. The number of carbonyl (C=O) groups excluding carboxylic acids is 3. The average Bonchev–Trinajstić information content (AvgIpc) is 3.11. The largest absolute Gasteiger partial charge is 0.368 e. The number of hydrogen-bond donors (Lipinski definition) is 3. The van der Waals surface area contributed by atoms with E-state index in [1.165, 1.54) is 25.1 Å². The number of nitrogens with one attached hydrogen (secondary N) is 2. The number of fused-ring (bicyclic) bond motifs is 3. The van der Waals surface area contributed by atoms with Gasteiger partial charge in [0, 0.05) is 19.3 Å². The molecule has 7 heteroatoms. The number of halogens is 1. The van der Waals surface area contributed by atoms with Crippen LogP contribution in [0.3, 0.4) is 0 Å². The maximum absolute atomic E-state index is 13.6. The Morgan fingerprint density at radius 1 is 0.909 bits per heavy atom. The Bertz CT molecular complexity index is 1180. The summed E-state index contributed by atoms with van der Waals surface area (Å²) >= 11 is 0. The van der Waals surface area contributed by atoms with Crippen molar-refractivity contribution in [2.24, 2.45) is 5.73 Å². The molecule has 33 heavy (non-hydrogen) atoms. The lowest BCUT2D eigenvalue weighted by Crippen LogP contribution is -2.55. The third-order valence-corrected chi connectivity index (χ3v) is 5.84. The van der Waals surface area contributed by atoms with E-state index >= 15 is 0 Å². The van der Waals surface area contributed by atoms with Crippen molar-refractivity contribution >= 4 is 17.7 Å². The number of nitrogens with two attached hydrogens (primary N) is 1. The minimum atomic E-state index is -1.04. The number of benzene rings is 3. The molecule has 6 nitrogen and oxygen atoms in total. The van der Waals surface area contributed by atoms with Gasteiger partial charge in [0.25, 0.3) is 0 Å². The van der Waals surface area contributed by atoms with Crippen molar-refractivity contribution in [2.75, 3.05) is 0 Å². The number of hydrogen-bond acceptors (Lipinski definition) is 3. The van der Waals surface area contributed by atoms with Crippen molar-refractivity contribution in [1.29, 1.82) is 0 Å². The SMILES string of the molecule is CC(=O)N[C@@H](Cc1cccc(F)c1)C(=O)N[C@H](C(N)=O)C1c2ccccc2-c2ccccc21. The summed E-state index contributed by atoms with van der Waals surface area (Å²) in [6.07, 6.45) is 0.0620. The van der Waals surface area contributed by atoms with Gasteiger partial charge in [-0.2, -0.15) is 0 Å². The van der Waals surface area contributed by atoms with Crippen LogP contribution >= 0.6 is 0 Å². The summed E-state index contributed by atoms with van der Waals surface area (Å²) in [6.45, 7) is 1.29. The zero-order valence-corrected chi connectivity index (χ0v) is 18.0. The van der Waals surface area contributed by atoms with Crippen LogP contribution in [0.2, 0.25) is 0 Å². The lowest BCUT2D eigenvalue weighted by molar-refractivity contribution is -0.131. The molecule has 0 heterocycles. The fourth-order valence-electron chi connectivity index (χ4n) is 4.48. The van der Waals surface area contributed by atoms with Crippen molar-refractivity contribution in [1.82, 2.24) is 10.6 Å². The Labute approximate surface area is 191 Å². The van der Waals surface area contributed by atoms with Crippen LogP contribution in [0, 0.1) is 5.82 Å². The summed E-state index contributed by atoms with van der Waals surface area (Å²) in [7, 11) is 0. The first-order valence-corrected chi connectivity index (χ1v) is 10.6. The van der Waals surface area contributed by atoms with Gasteiger partial charge in [-0.15, -0.1) is 0 Å². The average molecular weight is 445 g/mol.